The maximum absolute atomic E-state index is 12.4. The van der Waals surface area contributed by atoms with Gasteiger partial charge in [-0.1, -0.05) is 66.8 Å². The van der Waals surface area contributed by atoms with E-state index in [0.29, 0.717) is 10.7 Å². The normalized spacial score (nSPS) is 11.9. The molecule has 3 rings (SSSR count). The Balaban J connectivity index is 1.67. The highest BCUT2D eigenvalue weighted by atomic mass is 32.2. The molecule has 0 fully saturated rings. The highest BCUT2D eigenvalue weighted by molar-refractivity contribution is 8.00. The molecule has 8 nitrogen and oxygen atoms in total. The Morgan fingerprint density at radius 3 is 2.76 bits per heavy atom. The zero-order chi connectivity index (χ0) is 20.8. The van der Waals surface area contributed by atoms with Crippen molar-refractivity contribution >= 4 is 34.1 Å². The molecule has 2 aromatic heterocycles. The summed E-state index contributed by atoms with van der Waals surface area (Å²) < 4.78 is 0. The van der Waals surface area contributed by atoms with Crippen LogP contribution in [0, 0.1) is 0 Å². The third-order valence-electron chi connectivity index (χ3n) is 4.04. The molecule has 0 saturated carbocycles. The van der Waals surface area contributed by atoms with E-state index in [1.807, 2.05) is 6.07 Å². The predicted molar refractivity (Wildman–Crippen MR) is 114 cm³/mol. The summed E-state index contributed by atoms with van der Waals surface area (Å²) in [6, 6.07) is 8.78. The molecule has 0 aliphatic rings. The van der Waals surface area contributed by atoms with Gasteiger partial charge in [-0.25, -0.2) is 0 Å². The van der Waals surface area contributed by atoms with Crippen LogP contribution in [0.4, 0.5) is 5.13 Å². The number of rotatable bonds is 8. The third-order valence-corrected chi connectivity index (χ3v) is 5.92. The van der Waals surface area contributed by atoms with E-state index in [4.69, 9.17) is 0 Å². The maximum Gasteiger partial charge on any atom is 0.263 e. The Kier molecular flexibility index (Phi) is 6.99. The second-order valence-corrected chi connectivity index (χ2v) is 8.68. The molecule has 3 N–H and O–H groups in total. The first-order chi connectivity index (χ1) is 14.0. The fraction of sp³-hybridized carbons (Fsp3) is 0.316. The molecule has 29 heavy (non-hydrogen) atoms. The molecule has 2 heterocycles. The highest BCUT2D eigenvalue weighted by Crippen LogP contribution is 2.27. The Hall–Kier alpha value is -2.72. The number of unbranched alkanes of at least 4 members (excludes halogenated alkanes) is 1. The van der Waals surface area contributed by atoms with Gasteiger partial charge in [0.1, 0.15) is 10.6 Å². The van der Waals surface area contributed by atoms with Crippen LogP contribution in [0.25, 0.3) is 11.1 Å². The van der Waals surface area contributed by atoms with Crippen molar-refractivity contribution in [2.24, 2.45) is 0 Å². The zero-order valence-corrected chi connectivity index (χ0v) is 17.6. The summed E-state index contributed by atoms with van der Waals surface area (Å²) in [5, 5.41) is 21.9. The molecule has 152 valence electrons. The summed E-state index contributed by atoms with van der Waals surface area (Å²) in [5.74, 6) is -0.665. The van der Waals surface area contributed by atoms with Crippen molar-refractivity contribution in [3.63, 3.8) is 0 Å². The van der Waals surface area contributed by atoms with Gasteiger partial charge in [-0.05, 0) is 18.9 Å². The summed E-state index contributed by atoms with van der Waals surface area (Å²) in [7, 11) is 0. The lowest BCUT2D eigenvalue weighted by Gasteiger charge is -2.10. The average Bonchev–Trinajstić information content (AvgIpc) is 3.14. The number of hydrogen-bond acceptors (Lipinski definition) is 8. The van der Waals surface area contributed by atoms with Crippen molar-refractivity contribution in [2.45, 2.75) is 43.5 Å². The average molecular weight is 432 g/mol. The van der Waals surface area contributed by atoms with Gasteiger partial charge in [0.2, 0.25) is 16.9 Å². The van der Waals surface area contributed by atoms with Crippen molar-refractivity contribution in [3.05, 3.63) is 45.7 Å². The van der Waals surface area contributed by atoms with Crippen LogP contribution in [-0.2, 0) is 11.2 Å². The Bertz CT molecular complexity index is 1040. The smallest absolute Gasteiger partial charge is 0.263 e. The quantitative estimate of drug-likeness (QED) is 0.369. The summed E-state index contributed by atoms with van der Waals surface area (Å²) in [6.07, 6.45) is 2.93. The number of carbonyl (C=O) groups is 1. The number of aromatic nitrogens is 4. The second kappa shape index (κ2) is 9.66. The van der Waals surface area contributed by atoms with Gasteiger partial charge < -0.3 is 10.1 Å². The van der Waals surface area contributed by atoms with Gasteiger partial charge in [0.05, 0.1) is 5.25 Å². The molecule has 1 atom stereocenters. The van der Waals surface area contributed by atoms with Crippen LogP contribution in [-0.4, -0.2) is 36.4 Å². The minimum atomic E-state index is -0.567. The number of aryl methyl sites for hydroxylation is 1. The van der Waals surface area contributed by atoms with Gasteiger partial charge >= 0.3 is 0 Å². The molecular formula is C19H21N5O3S2. The fourth-order valence-corrected chi connectivity index (χ4v) is 4.10. The number of carbonyl (C=O) groups excluding carboxylic acids is 1. The van der Waals surface area contributed by atoms with E-state index in [1.165, 1.54) is 11.3 Å². The lowest BCUT2D eigenvalue weighted by molar-refractivity contribution is -0.115. The first kappa shape index (κ1) is 21.0. The van der Waals surface area contributed by atoms with E-state index < -0.39 is 10.8 Å². The number of aromatic hydroxyl groups is 1. The molecule has 1 aromatic carbocycles. The maximum atomic E-state index is 12.4. The lowest BCUT2D eigenvalue weighted by Crippen LogP contribution is -2.23. The summed E-state index contributed by atoms with van der Waals surface area (Å²) in [5.41, 5.74) is 0.195. The minimum absolute atomic E-state index is 0.0977. The number of nitrogens with zero attached hydrogens (tertiary/aromatic N) is 3. The summed E-state index contributed by atoms with van der Waals surface area (Å²) >= 11 is 2.39. The van der Waals surface area contributed by atoms with Gasteiger partial charge in [-0.15, -0.1) is 10.2 Å². The van der Waals surface area contributed by atoms with Gasteiger partial charge in [0, 0.05) is 6.42 Å². The number of benzene rings is 1. The van der Waals surface area contributed by atoms with Gasteiger partial charge in [0.25, 0.3) is 5.56 Å². The molecule has 0 radical (unpaired) electrons. The van der Waals surface area contributed by atoms with Crippen LogP contribution in [0.3, 0.4) is 0 Å². The first-order valence-corrected chi connectivity index (χ1v) is 10.9. The van der Waals surface area contributed by atoms with Gasteiger partial charge in [-0.3, -0.25) is 14.9 Å². The van der Waals surface area contributed by atoms with E-state index in [1.54, 1.807) is 31.2 Å². The molecule has 0 aliphatic carbocycles. The zero-order valence-electron chi connectivity index (χ0n) is 16.0. The largest absolute Gasteiger partial charge is 0.493 e. The summed E-state index contributed by atoms with van der Waals surface area (Å²) in [6.45, 7) is 3.78. The topological polar surface area (TPSA) is 121 Å². The Morgan fingerprint density at radius 2 is 2.07 bits per heavy atom. The number of H-pyrrole nitrogens is 1. The summed E-state index contributed by atoms with van der Waals surface area (Å²) in [4.78, 5) is 31.5. The van der Waals surface area contributed by atoms with E-state index in [0.717, 1.165) is 36.0 Å². The van der Waals surface area contributed by atoms with Crippen molar-refractivity contribution in [2.75, 3.05) is 5.32 Å². The molecule has 0 saturated heterocycles. The van der Waals surface area contributed by atoms with Crippen LogP contribution in [0.1, 0.15) is 31.7 Å². The number of amides is 1. The second-order valence-electron chi connectivity index (χ2n) is 6.29. The van der Waals surface area contributed by atoms with E-state index in [2.05, 4.69) is 32.4 Å². The molecule has 1 unspecified atom stereocenters. The first-order valence-electron chi connectivity index (χ1n) is 9.16. The molecule has 1 amide bonds. The van der Waals surface area contributed by atoms with Gasteiger partial charge in [-0.2, -0.15) is 4.98 Å². The van der Waals surface area contributed by atoms with E-state index in [9.17, 15) is 14.7 Å². The van der Waals surface area contributed by atoms with Crippen LogP contribution >= 0.6 is 23.1 Å². The van der Waals surface area contributed by atoms with E-state index in [-0.39, 0.29) is 22.5 Å². The Morgan fingerprint density at radius 1 is 1.31 bits per heavy atom. The number of hydrogen-bond donors (Lipinski definition) is 3. The van der Waals surface area contributed by atoms with Gasteiger partial charge in [0.15, 0.2) is 5.16 Å². The standard InChI is InChI=1S/C19H21N5O3S2/c1-3-4-10-13-23-24-19(29-13)20-15(25)11(2)28-18-21-16(26)14(17(27)22-18)12-8-6-5-7-9-12/h5-9,11H,3-4,10H2,1-2H3,(H,20,24,25)(H2,21,22,26,27). The van der Waals surface area contributed by atoms with Crippen molar-refractivity contribution < 1.29 is 9.90 Å². The Labute approximate surface area is 175 Å². The number of anilines is 1. The molecule has 0 aliphatic heterocycles. The minimum Gasteiger partial charge on any atom is -0.493 e. The molecule has 10 heteroatoms. The third kappa shape index (κ3) is 5.42. The highest BCUT2D eigenvalue weighted by Gasteiger charge is 2.20. The molecule has 0 bridgehead atoms. The number of nitrogens with one attached hydrogen (secondary N) is 2. The molecule has 0 spiro atoms. The fourth-order valence-electron chi connectivity index (χ4n) is 2.52. The van der Waals surface area contributed by atoms with Crippen LogP contribution in [0.15, 0.2) is 40.3 Å². The molecule has 3 aromatic rings. The lowest BCUT2D eigenvalue weighted by atomic mass is 10.1. The van der Waals surface area contributed by atoms with Crippen molar-refractivity contribution in [1.29, 1.82) is 0 Å². The van der Waals surface area contributed by atoms with Crippen molar-refractivity contribution in [3.8, 4) is 17.0 Å². The van der Waals surface area contributed by atoms with Crippen LogP contribution < -0.4 is 10.9 Å². The SMILES string of the molecule is CCCCc1nnc(NC(=O)C(C)Sc2nc(O)c(-c3ccccc3)c(=O)[nH]2)s1. The number of thioether (sulfide) groups is 1. The van der Waals surface area contributed by atoms with Crippen LogP contribution in [0.5, 0.6) is 5.88 Å². The monoisotopic (exact) mass is 431 g/mol. The van der Waals surface area contributed by atoms with Crippen molar-refractivity contribution in [1.82, 2.24) is 20.2 Å². The predicted octanol–water partition coefficient (Wildman–Crippen LogP) is 3.46. The van der Waals surface area contributed by atoms with Crippen LogP contribution in [0.2, 0.25) is 0 Å². The van der Waals surface area contributed by atoms with E-state index >= 15 is 0 Å². The number of aromatic amines is 1. The molecular weight excluding hydrogens is 410 g/mol.